The van der Waals surface area contributed by atoms with Crippen LogP contribution in [-0.2, 0) is 16.0 Å². The number of aromatic nitrogens is 1. The number of rotatable bonds is 6. The molecule has 0 bridgehead atoms. The van der Waals surface area contributed by atoms with Crippen LogP contribution < -0.4 is 0 Å². The molecule has 1 aromatic rings. The van der Waals surface area contributed by atoms with Gasteiger partial charge in [0.05, 0.1) is 18.5 Å². The molecule has 2 rings (SSSR count). The van der Waals surface area contributed by atoms with Gasteiger partial charge in [-0.15, -0.1) is 0 Å². The maximum absolute atomic E-state index is 9.05. The molecular formula is C18H29NO3. The third kappa shape index (κ3) is 4.14. The zero-order chi connectivity index (χ0) is 16.1. The first-order valence-corrected chi connectivity index (χ1v) is 8.19. The van der Waals surface area contributed by atoms with E-state index in [1.807, 2.05) is 13.1 Å². The van der Waals surface area contributed by atoms with Crippen LogP contribution in [0.3, 0.4) is 0 Å². The smallest absolute Gasteiger partial charge is 0.124 e. The van der Waals surface area contributed by atoms with Crippen molar-refractivity contribution < 1.29 is 14.6 Å². The summed E-state index contributed by atoms with van der Waals surface area (Å²) in [7, 11) is 1.78. The van der Waals surface area contributed by atoms with Gasteiger partial charge in [-0.2, -0.15) is 0 Å². The van der Waals surface area contributed by atoms with Gasteiger partial charge in [0.1, 0.15) is 6.10 Å². The second-order valence-electron chi connectivity index (χ2n) is 6.38. The van der Waals surface area contributed by atoms with E-state index in [-0.39, 0.29) is 18.8 Å². The molecule has 1 aliphatic rings. The Bertz CT molecular complexity index is 506. The van der Waals surface area contributed by atoms with Crippen molar-refractivity contribution in [1.82, 2.24) is 4.57 Å². The summed E-state index contributed by atoms with van der Waals surface area (Å²) >= 11 is 0. The number of aliphatic hydroxyl groups is 1. The molecule has 4 nitrogen and oxygen atoms in total. The molecule has 0 amide bonds. The number of ether oxygens (including phenoxy) is 2. The van der Waals surface area contributed by atoms with Gasteiger partial charge in [-0.1, -0.05) is 6.92 Å². The number of nitrogens with zero attached hydrogens (tertiary/aromatic N) is 1. The van der Waals surface area contributed by atoms with Gasteiger partial charge >= 0.3 is 0 Å². The molecule has 1 heterocycles. The SMILES string of the molecule is CO[C@@H]1CC(C)CC[C@H]1O/C(C)=C/c1ccn(CCO)c1C. The molecule has 1 fully saturated rings. The van der Waals surface area contributed by atoms with E-state index in [9.17, 15) is 0 Å². The highest BCUT2D eigenvalue weighted by Crippen LogP contribution is 2.29. The highest BCUT2D eigenvalue weighted by atomic mass is 16.5. The molecule has 124 valence electrons. The molecule has 0 spiro atoms. The molecule has 1 unspecified atom stereocenters. The molecule has 3 atom stereocenters. The second kappa shape index (κ2) is 7.84. The summed E-state index contributed by atoms with van der Waals surface area (Å²) < 4.78 is 13.8. The monoisotopic (exact) mass is 307 g/mol. The Balaban J connectivity index is 2.03. The summed E-state index contributed by atoms with van der Waals surface area (Å²) in [5, 5.41) is 9.05. The van der Waals surface area contributed by atoms with Gasteiger partial charge in [0.25, 0.3) is 0 Å². The maximum Gasteiger partial charge on any atom is 0.124 e. The minimum Gasteiger partial charge on any atom is -0.492 e. The molecule has 22 heavy (non-hydrogen) atoms. The highest BCUT2D eigenvalue weighted by Gasteiger charge is 2.30. The normalized spacial score (nSPS) is 26.2. The van der Waals surface area contributed by atoms with Crippen LogP contribution in [0.1, 0.15) is 44.4 Å². The minimum absolute atomic E-state index is 0.150. The summed E-state index contributed by atoms with van der Waals surface area (Å²) in [6, 6.07) is 2.06. The van der Waals surface area contributed by atoms with E-state index in [1.165, 1.54) is 6.42 Å². The summed E-state index contributed by atoms with van der Waals surface area (Å²) in [4.78, 5) is 0. The van der Waals surface area contributed by atoms with Crippen LogP contribution >= 0.6 is 0 Å². The largest absolute Gasteiger partial charge is 0.492 e. The van der Waals surface area contributed by atoms with Gasteiger partial charge < -0.3 is 19.1 Å². The number of methoxy groups -OCH3 is 1. The van der Waals surface area contributed by atoms with Gasteiger partial charge in [-0.3, -0.25) is 0 Å². The third-order valence-electron chi connectivity index (χ3n) is 4.62. The Hall–Kier alpha value is -1.26. The van der Waals surface area contributed by atoms with Gasteiger partial charge in [0.2, 0.25) is 0 Å². The van der Waals surface area contributed by atoms with Crippen LogP contribution in [-0.4, -0.2) is 35.6 Å². The lowest BCUT2D eigenvalue weighted by atomic mass is 9.86. The van der Waals surface area contributed by atoms with E-state index in [0.717, 1.165) is 29.9 Å². The molecule has 0 aromatic carbocycles. The Kier molecular flexibility index (Phi) is 6.09. The average molecular weight is 307 g/mol. The fourth-order valence-electron chi connectivity index (χ4n) is 3.25. The van der Waals surface area contributed by atoms with E-state index >= 15 is 0 Å². The Morgan fingerprint density at radius 3 is 2.86 bits per heavy atom. The van der Waals surface area contributed by atoms with Gasteiger partial charge in [-0.05, 0) is 56.7 Å². The zero-order valence-electron chi connectivity index (χ0n) is 14.2. The molecule has 0 aliphatic heterocycles. The van der Waals surface area contributed by atoms with Crippen molar-refractivity contribution in [3.8, 4) is 0 Å². The molecule has 0 radical (unpaired) electrons. The standard InChI is InChI=1S/C18H29NO3/c1-13-5-6-17(18(11-13)21-4)22-14(2)12-16-7-8-19(9-10-20)15(16)3/h7-8,12-13,17-18,20H,5-6,9-11H2,1-4H3/b14-12+/t13?,17-,18-/m1/s1. The van der Waals surface area contributed by atoms with Crippen LogP contribution in [0.25, 0.3) is 6.08 Å². The molecule has 1 N–H and O–H groups in total. The molecule has 4 heteroatoms. The van der Waals surface area contributed by atoms with Crippen LogP contribution in [0.4, 0.5) is 0 Å². The van der Waals surface area contributed by atoms with Crippen molar-refractivity contribution in [2.75, 3.05) is 13.7 Å². The van der Waals surface area contributed by atoms with Crippen molar-refractivity contribution in [2.24, 2.45) is 5.92 Å². The third-order valence-corrected chi connectivity index (χ3v) is 4.62. The lowest BCUT2D eigenvalue weighted by Gasteiger charge is -2.34. The lowest BCUT2D eigenvalue weighted by molar-refractivity contribution is -0.0617. The summed E-state index contributed by atoms with van der Waals surface area (Å²) in [6.07, 6.45) is 7.74. The quantitative estimate of drug-likeness (QED) is 0.820. The first kappa shape index (κ1) is 17.1. The van der Waals surface area contributed by atoms with E-state index in [0.29, 0.717) is 12.5 Å². The fraction of sp³-hybridized carbons (Fsp3) is 0.667. The number of hydrogen-bond donors (Lipinski definition) is 1. The van der Waals surface area contributed by atoms with E-state index < -0.39 is 0 Å². The Morgan fingerprint density at radius 2 is 2.18 bits per heavy atom. The van der Waals surface area contributed by atoms with E-state index in [1.54, 1.807) is 7.11 Å². The van der Waals surface area contributed by atoms with Crippen LogP contribution in [0.15, 0.2) is 18.0 Å². The molecule has 1 aliphatic carbocycles. The van der Waals surface area contributed by atoms with Crippen LogP contribution in [0.2, 0.25) is 0 Å². The average Bonchev–Trinajstić information content (AvgIpc) is 2.82. The minimum atomic E-state index is 0.150. The van der Waals surface area contributed by atoms with Crippen molar-refractivity contribution in [1.29, 1.82) is 0 Å². The topological polar surface area (TPSA) is 43.6 Å². The maximum atomic E-state index is 9.05. The zero-order valence-corrected chi connectivity index (χ0v) is 14.2. The number of hydrogen-bond acceptors (Lipinski definition) is 3. The first-order chi connectivity index (χ1) is 10.5. The van der Waals surface area contributed by atoms with Gasteiger partial charge in [0, 0.05) is 25.5 Å². The van der Waals surface area contributed by atoms with Crippen molar-refractivity contribution in [2.45, 2.75) is 58.8 Å². The number of aliphatic hydroxyl groups excluding tert-OH is 1. The van der Waals surface area contributed by atoms with Crippen LogP contribution in [0, 0.1) is 12.8 Å². The lowest BCUT2D eigenvalue weighted by Crippen LogP contribution is -2.36. The van der Waals surface area contributed by atoms with E-state index in [2.05, 4.69) is 30.6 Å². The predicted molar refractivity (Wildman–Crippen MR) is 88.6 cm³/mol. The first-order valence-electron chi connectivity index (χ1n) is 8.19. The molecular weight excluding hydrogens is 278 g/mol. The molecule has 0 saturated heterocycles. The Morgan fingerprint density at radius 1 is 1.41 bits per heavy atom. The van der Waals surface area contributed by atoms with Crippen molar-refractivity contribution >= 4 is 6.08 Å². The predicted octanol–water partition coefficient (Wildman–Crippen LogP) is 3.37. The summed E-state index contributed by atoms with van der Waals surface area (Å²) in [5.74, 6) is 1.63. The second-order valence-corrected chi connectivity index (χ2v) is 6.38. The fourth-order valence-corrected chi connectivity index (χ4v) is 3.25. The van der Waals surface area contributed by atoms with Gasteiger partial charge in [-0.25, -0.2) is 0 Å². The molecule has 1 aromatic heterocycles. The van der Waals surface area contributed by atoms with Crippen molar-refractivity contribution in [3.63, 3.8) is 0 Å². The van der Waals surface area contributed by atoms with Crippen molar-refractivity contribution in [3.05, 3.63) is 29.3 Å². The highest BCUT2D eigenvalue weighted by molar-refractivity contribution is 5.53. The Labute approximate surface area is 133 Å². The van der Waals surface area contributed by atoms with Crippen LogP contribution in [0.5, 0.6) is 0 Å². The molecule has 1 saturated carbocycles. The summed E-state index contributed by atoms with van der Waals surface area (Å²) in [5.41, 5.74) is 2.29. The van der Waals surface area contributed by atoms with E-state index in [4.69, 9.17) is 14.6 Å². The summed E-state index contributed by atoms with van der Waals surface area (Å²) in [6.45, 7) is 7.14. The van der Waals surface area contributed by atoms with Gasteiger partial charge in [0.15, 0.2) is 0 Å². The number of allylic oxidation sites excluding steroid dienone is 1.